The lowest BCUT2D eigenvalue weighted by Gasteiger charge is -2.51. The van der Waals surface area contributed by atoms with Crippen molar-refractivity contribution in [1.29, 1.82) is 0 Å². The van der Waals surface area contributed by atoms with Gasteiger partial charge in [0.1, 0.15) is 11.4 Å². The number of hydrogen-bond donors (Lipinski definition) is 6. The molecule has 12 nitrogen and oxygen atoms in total. The van der Waals surface area contributed by atoms with Gasteiger partial charge in [0, 0.05) is 28.3 Å². The Kier molecular flexibility index (Phi) is 10.7. The number of methoxy groups -OCH3 is 1. The first kappa shape index (κ1) is 35.2. The van der Waals surface area contributed by atoms with Crippen molar-refractivity contribution in [2.24, 2.45) is 5.92 Å². The van der Waals surface area contributed by atoms with Crippen LogP contribution in [0, 0.1) is 5.92 Å². The SMILES string of the molecule is COc1ccc2[nH]c3c(c2c1)CCOC31CCC(O)(c2ccc(SC)cc2)C(CN(C)C)C1.O=C(O)CC(O)(CC(=O)O)C(=O)O. The van der Waals surface area contributed by atoms with Crippen molar-refractivity contribution in [2.75, 3.05) is 40.6 Å². The fourth-order valence-corrected chi connectivity index (χ4v) is 7.09. The van der Waals surface area contributed by atoms with E-state index < -0.39 is 47.6 Å². The number of aromatic nitrogens is 1. The van der Waals surface area contributed by atoms with Crippen molar-refractivity contribution in [2.45, 2.75) is 60.2 Å². The molecule has 1 fully saturated rings. The maximum absolute atomic E-state index is 12.1. The Morgan fingerprint density at radius 2 is 1.72 bits per heavy atom. The molecule has 2 aromatic carbocycles. The molecule has 1 spiro atoms. The summed E-state index contributed by atoms with van der Waals surface area (Å²) < 4.78 is 12.1. The molecule has 13 heteroatoms. The number of carbonyl (C=O) groups is 3. The van der Waals surface area contributed by atoms with Crippen LogP contribution in [-0.4, -0.2) is 99.5 Å². The number of aromatic amines is 1. The Hall–Kier alpha value is -3.62. The summed E-state index contributed by atoms with van der Waals surface area (Å²) in [6, 6.07) is 14.7. The molecule has 3 aromatic rings. The van der Waals surface area contributed by atoms with Crippen LogP contribution in [0.2, 0.25) is 0 Å². The summed E-state index contributed by atoms with van der Waals surface area (Å²) in [6.45, 7) is 1.50. The summed E-state index contributed by atoms with van der Waals surface area (Å²) >= 11 is 1.73. The first-order valence-corrected chi connectivity index (χ1v) is 16.1. The van der Waals surface area contributed by atoms with Crippen molar-refractivity contribution < 1.29 is 49.4 Å². The third kappa shape index (κ3) is 7.34. The second-order valence-electron chi connectivity index (χ2n) is 12.3. The van der Waals surface area contributed by atoms with Gasteiger partial charge in [-0.25, -0.2) is 4.79 Å². The van der Waals surface area contributed by atoms with Crippen molar-refractivity contribution >= 4 is 40.6 Å². The predicted molar refractivity (Wildman–Crippen MR) is 171 cm³/mol. The second kappa shape index (κ2) is 14.0. The highest BCUT2D eigenvalue weighted by Crippen LogP contribution is 2.53. The molecule has 2 aliphatic rings. The lowest BCUT2D eigenvalue weighted by atomic mass is 9.64. The van der Waals surface area contributed by atoms with Gasteiger partial charge in [-0.2, -0.15) is 0 Å². The number of thioether (sulfide) groups is 1. The van der Waals surface area contributed by atoms with Gasteiger partial charge >= 0.3 is 17.9 Å². The van der Waals surface area contributed by atoms with E-state index in [4.69, 9.17) is 29.9 Å². The van der Waals surface area contributed by atoms with E-state index in [-0.39, 0.29) is 5.92 Å². The summed E-state index contributed by atoms with van der Waals surface area (Å²) in [4.78, 5) is 37.6. The molecule has 1 aliphatic carbocycles. The van der Waals surface area contributed by atoms with E-state index in [1.807, 2.05) is 6.07 Å². The molecule has 3 atom stereocenters. The molecule has 1 saturated carbocycles. The average molecular weight is 659 g/mol. The minimum absolute atomic E-state index is 0.0493. The highest BCUT2D eigenvalue weighted by Gasteiger charge is 2.53. The van der Waals surface area contributed by atoms with Crippen molar-refractivity contribution in [1.82, 2.24) is 9.88 Å². The van der Waals surface area contributed by atoms with Gasteiger partial charge in [0.15, 0.2) is 5.60 Å². The van der Waals surface area contributed by atoms with E-state index >= 15 is 0 Å². The molecular weight excluding hydrogens is 616 g/mol. The topological polar surface area (TPSA) is 190 Å². The number of benzene rings is 2. The maximum atomic E-state index is 12.1. The fraction of sp³-hybridized carbons (Fsp3) is 0.485. The number of aliphatic hydroxyl groups is 2. The number of nitrogens with zero attached hydrogens (tertiary/aromatic N) is 1. The largest absolute Gasteiger partial charge is 0.497 e. The highest BCUT2D eigenvalue weighted by atomic mass is 32.2. The minimum Gasteiger partial charge on any atom is -0.497 e. The number of H-pyrrole nitrogens is 1. The summed E-state index contributed by atoms with van der Waals surface area (Å²) in [6.07, 6.45) is 2.92. The van der Waals surface area contributed by atoms with Crippen LogP contribution >= 0.6 is 11.8 Å². The zero-order chi connectivity index (χ0) is 33.9. The molecule has 2 heterocycles. The van der Waals surface area contributed by atoms with Gasteiger partial charge in [-0.1, -0.05) is 12.1 Å². The van der Waals surface area contributed by atoms with Crippen LogP contribution in [0.3, 0.4) is 0 Å². The lowest BCUT2D eigenvalue weighted by molar-refractivity contribution is -0.170. The van der Waals surface area contributed by atoms with Crippen LogP contribution in [0.1, 0.15) is 48.9 Å². The van der Waals surface area contributed by atoms with Crippen LogP contribution in [0.5, 0.6) is 5.75 Å². The molecule has 6 N–H and O–H groups in total. The van der Waals surface area contributed by atoms with Crippen molar-refractivity contribution in [3.05, 3.63) is 59.3 Å². The van der Waals surface area contributed by atoms with Gasteiger partial charge in [0.25, 0.3) is 0 Å². The molecule has 250 valence electrons. The summed E-state index contributed by atoms with van der Waals surface area (Å²) in [5.41, 5.74) is 0.670. The number of fused-ring (bicyclic) bond motifs is 4. The number of hydrogen-bond acceptors (Lipinski definition) is 9. The molecule has 0 bridgehead atoms. The Balaban J connectivity index is 0.000000315. The Morgan fingerprint density at radius 1 is 1.07 bits per heavy atom. The van der Waals surface area contributed by atoms with Crippen molar-refractivity contribution in [3.63, 3.8) is 0 Å². The van der Waals surface area contributed by atoms with Crippen LogP contribution < -0.4 is 4.74 Å². The van der Waals surface area contributed by atoms with E-state index in [2.05, 4.69) is 66.6 Å². The molecule has 3 unspecified atom stereocenters. The molecule has 5 rings (SSSR count). The molecule has 0 saturated heterocycles. The number of aliphatic carboxylic acids is 3. The number of nitrogens with one attached hydrogen (secondary N) is 1. The molecule has 46 heavy (non-hydrogen) atoms. The highest BCUT2D eigenvalue weighted by molar-refractivity contribution is 7.98. The molecule has 0 radical (unpaired) electrons. The summed E-state index contributed by atoms with van der Waals surface area (Å²) in [5, 5.41) is 47.1. The molecule has 1 aliphatic heterocycles. The standard InChI is InChI=1S/C27H34N2O3S.C6H8O7/c1-29(2)17-19-16-26(12-13-27(19,30)18-5-8-21(33-4)9-6-18)25-22(11-14-32-26)23-15-20(31-3)7-10-24(23)28-25;7-3(8)1-6(13,5(11)12)2-4(9)10/h5-10,15,19,28,30H,11-14,16-17H2,1-4H3;13H,1-2H2,(H,7,8)(H,9,10)(H,11,12). The minimum atomic E-state index is -2.74. The fourth-order valence-electron chi connectivity index (χ4n) is 6.68. The predicted octanol–water partition coefficient (Wildman–Crippen LogP) is 3.67. The Bertz CT molecular complexity index is 1560. The third-order valence-electron chi connectivity index (χ3n) is 8.92. The van der Waals surface area contributed by atoms with E-state index in [9.17, 15) is 19.5 Å². The zero-order valence-corrected chi connectivity index (χ0v) is 27.2. The maximum Gasteiger partial charge on any atom is 0.336 e. The lowest BCUT2D eigenvalue weighted by Crippen LogP contribution is -2.52. The van der Waals surface area contributed by atoms with Gasteiger partial charge < -0.3 is 44.9 Å². The van der Waals surface area contributed by atoms with E-state index in [0.717, 1.165) is 42.6 Å². The summed E-state index contributed by atoms with van der Waals surface area (Å²) in [7, 11) is 5.88. The zero-order valence-electron chi connectivity index (χ0n) is 26.4. The van der Waals surface area contributed by atoms with Crippen LogP contribution in [0.25, 0.3) is 10.9 Å². The van der Waals surface area contributed by atoms with Gasteiger partial charge in [0.05, 0.1) is 37.9 Å². The van der Waals surface area contributed by atoms with Crippen molar-refractivity contribution in [3.8, 4) is 5.75 Å². The Labute approximate surface area is 271 Å². The van der Waals surface area contributed by atoms with Gasteiger partial charge in [-0.3, -0.25) is 9.59 Å². The van der Waals surface area contributed by atoms with E-state index in [1.165, 1.54) is 21.5 Å². The van der Waals surface area contributed by atoms with Gasteiger partial charge in [-0.15, -0.1) is 11.8 Å². The van der Waals surface area contributed by atoms with Crippen LogP contribution in [0.15, 0.2) is 47.4 Å². The van der Waals surface area contributed by atoms with Gasteiger partial charge in [-0.05, 0) is 87.5 Å². The van der Waals surface area contributed by atoms with E-state index in [1.54, 1.807) is 18.9 Å². The smallest absolute Gasteiger partial charge is 0.336 e. The molecule has 0 amide bonds. The second-order valence-corrected chi connectivity index (χ2v) is 13.2. The van der Waals surface area contributed by atoms with E-state index in [0.29, 0.717) is 13.0 Å². The number of rotatable bonds is 10. The van der Waals surface area contributed by atoms with Gasteiger partial charge in [0.2, 0.25) is 0 Å². The first-order chi connectivity index (χ1) is 21.7. The molecule has 1 aromatic heterocycles. The monoisotopic (exact) mass is 658 g/mol. The normalized spacial score (nSPS) is 22.6. The number of ether oxygens (including phenoxy) is 2. The average Bonchev–Trinajstić information content (AvgIpc) is 3.38. The number of carboxylic acid groups (broad SMARTS) is 3. The summed E-state index contributed by atoms with van der Waals surface area (Å²) in [5.74, 6) is -4.09. The van der Waals surface area contributed by atoms with Crippen LogP contribution in [-0.2, 0) is 36.7 Å². The van der Waals surface area contributed by atoms with Crippen LogP contribution in [0.4, 0.5) is 0 Å². The first-order valence-electron chi connectivity index (χ1n) is 14.9. The third-order valence-corrected chi connectivity index (χ3v) is 9.67. The quantitative estimate of drug-likeness (QED) is 0.174. The number of carboxylic acids is 3. The molecular formula is C33H42N2O10S. The Morgan fingerprint density at radius 3 is 2.26 bits per heavy atom.